The number of aliphatic carboxylic acids is 1. The Labute approximate surface area is 98.3 Å². The lowest BCUT2D eigenvalue weighted by Crippen LogP contribution is -2.08. The Morgan fingerprint density at radius 2 is 1.78 bits per heavy atom. The predicted molar refractivity (Wildman–Crippen MR) is 53.1 cm³/mol. The van der Waals surface area contributed by atoms with Crippen molar-refractivity contribution < 1.29 is 32.3 Å². The second kappa shape index (κ2) is 4.99. The minimum Gasteiger partial charge on any atom is -0.475 e. The summed E-state index contributed by atoms with van der Waals surface area (Å²) in [5.74, 6) is -4.20. The predicted octanol–water partition coefficient (Wildman–Crippen LogP) is 2.51. The van der Waals surface area contributed by atoms with E-state index in [4.69, 9.17) is 5.11 Å². The monoisotopic (exact) mass is 262 g/mol. The highest BCUT2D eigenvalue weighted by atomic mass is 19.4. The summed E-state index contributed by atoms with van der Waals surface area (Å²) in [6, 6.07) is 1.66. The average Bonchev–Trinajstić information content (AvgIpc) is 2.23. The van der Waals surface area contributed by atoms with E-state index >= 15 is 0 Å². The molecule has 1 N–H and O–H groups in total. The molecule has 0 aromatic heterocycles. The van der Waals surface area contributed by atoms with Gasteiger partial charge in [0.1, 0.15) is 5.82 Å². The van der Waals surface area contributed by atoms with Crippen LogP contribution in [0.5, 0.6) is 0 Å². The molecule has 7 heteroatoms. The summed E-state index contributed by atoms with van der Waals surface area (Å²) in [5.41, 5.74) is -1.47. The third kappa shape index (κ3) is 3.69. The van der Waals surface area contributed by atoms with Crippen molar-refractivity contribution in [3.05, 3.63) is 41.2 Å². The largest absolute Gasteiger partial charge is 0.475 e. The first-order valence-electron chi connectivity index (χ1n) is 4.53. The fourth-order valence-electron chi connectivity index (χ4n) is 1.12. The molecule has 0 aliphatic rings. The van der Waals surface area contributed by atoms with Crippen molar-refractivity contribution in [1.82, 2.24) is 0 Å². The fourth-order valence-corrected chi connectivity index (χ4v) is 1.12. The van der Waals surface area contributed by atoms with Crippen LogP contribution in [0.15, 0.2) is 24.3 Å². The van der Waals surface area contributed by atoms with E-state index in [1.54, 1.807) is 0 Å². The SMILES string of the molecule is O=C(O)C(=O)/C=C/c1cc(F)cc(C(F)(F)F)c1. The van der Waals surface area contributed by atoms with E-state index in [9.17, 15) is 27.2 Å². The molecule has 0 unspecified atom stereocenters. The summed E-state index contributed by atoms with van der Waals surface area (Å²) in [6.07, 6.45) is -3.37. The average molecular weight is 262 g/mol. The standard InChI is InChI=1S/C11H6F4O3/c12-8-4-6(1-2-9(16)10(17)18)3-7(5-8)11(13,14)15/h1-5H,(H,17,18)/b2-1+. The molecule has 0 radical (unpaired) electrons. The van der Waals surface area contributed by atoms with Crippen LogP contribution in [0.25, 0.3) is 6.08 Å². The van der Waals surface area contributed by atoms with Gasteiger partial charge < -0.3 is 5.11 Å². The van der Waals surface area contributed by atoms with Gasteiger partial charge in [-0.3, -0.25) is 4.79 Å². The van der Waals surface area contributed by atoms with Crippen molar-refractivity contribution in [3.63, 3.8) is 0 Å². The van der Waals surface area contributed by atoms with Crippen LogP contribution in [0.2, 0.25) is 0 Å². The second-order valence-electron chi connectivity index (χ2n) is 3.27. The Morgan fingerprint density at radius 3 is 2.28 bits per heavy atom. The zero-order valence-corrected chi connectivity index (χ0v) is 8.66. The molecule has 0 aliphatic heterocycles. The first-order chi connectivity index (χ1) is 8.20. The number of rotatable bonds is 3. The van der Waals surface area contributed by atoms with Gasteiger partial charge in [-0.2, -0.15) is 13.2 Å². The number of alkyl halides is 3. The van der Waals surface area contributed by atoms with E-state index in [-0.39, 0.29) is 5.56 Å². The minimum absolute atomic E-state index is 0.253. The van der Waals surface area contributed by atoms with Gasteiger partial charge >= 0.3 is 12.1 Å². The van der Waals surface area contributed by atoms with Gasteiger partial charge in [0.2, 0.25) is 0 Å². The van der Waals surface area contributed by atoms with Gasteiger partial charge in [0.25, 0.3) is 5.78 Å². The molecular formula is C11H6F4O3. The van der Waals surface area contributed by atoms with Gasteiger partial charge in [0.15, 0.2) is 0 Å². The van der Waals surface area contributed by atoms with Crippen LogP contribution < -0.4 is 0 Å². The number of carboxylic acid groups (broad SMARTS) is 1. The summed E-state index contributed by atoms with van der Waals surface area (Å²) < 4.78 is 49.9. The van der Waals surface area contributed by atoms with Gasteiger partial charge in [0, 0.05) is 0 Å². The van der Waals surface area contributed by atoms with Gasteiger partial charge in [-0.25, -0.2) is 9.18 Å². The maximum Gasteiger partial charge on any atom is 0.416 e. The van der Waals surface area contributed by atoms with Gasteiger partial charge in [-0.05, 0) is 29.8 Å². The van der Waals surface area contributed by atoms with E-state index in [2.05, 4.69) is 0 Å². The highest BCUT2D eigenvalue weighted by Gasteiger charge is 2.31. The number of carbonyl (C=O) groups is 2. The number of benzene rings is 1. The summed E-state index contributed by atoms with van der Waals surface area (Å²) in [5, 5.41) is 8.24. The number of carbonyl (C=O) groups excluding carboxylic acids is 1. The van der Waals surface area contributed by atoms with Crippen LogP contribution in [-0.2, 0) is 15.8 Å². The number of carboxylic acids is 1. The van der Waals surface area contributed by atoms with E-state index in [0.29, 0.717) is 18.2 Å². The van der Waals surface area contributed by atoms with Gasteiger partial charge in [0.05, 0.1) is 5.56 Å². The van der Waals surface area contributed by atoms with Gasteiger partial charge in [-0.1, -0.05) is 6.08 Å². The Kier molecular flexibility index (Phi) is 3.85. The number of ketones is 1. The maximum atomic E-state index is 12.9. The number of halogens is 4. The Bertz CT molecular complexity index is 518. The van der Waals surface area contributed by atoms with Crippen LogP contribution in [0, 0.1) is 5.82 Å². The van der Waals surface area contributed by atoms with Crippen LogP contribution in [0.1, 0.15) is 11.1 Å². The summed E-state index contributed by atoms with van der Waals surface area (Å²) >= 11 is 0. The molecule has 96 valence electrons. The van der Waals surface area contributed by atoms with Crippen molar-refractivity contribution >= 4 is 17.8 Å². The molecule has 18 heavy (non-hydrogen) atoms. The molecule has 0 spiro atoms. The molecule has 1 rings (SSSR count). The zero-order valence-electron chi connectivity index (χ0n) is 8.66. The third-order valence-corrected chi connectivity index (χ3v) is 1.89. The Balaban J connectivity index is 3.08. The first kappa shape index (κ1) is 13.9. The Morgan fingerprint density at radius 1 is 1.17 bits per heavy atom. The van der Waals surface area contributed by atoms with E-state index in [1.807, 2.05) is 0 Å². The number of hydrogen-bond donors (Lipinski definition) is 1. The lowest BCUT2D eigenvalue weighted by Gasteiger charge is -2.07. The number of hydrogen-bond acceptors (Lipinski definition) is 2. The molecule has 0 heterocycles. The summed E-state index contributed by atoms with van der Waals surface area (Å²) in [4.78, 5) is 20.8. The van der Waals surface area contributed by atoms with Crippen LogP contribution in [0.4, 0.5) is 17.6 Å². The molecule has 1 aromatic carbocycles. The highest BCUT2D eigenvalue weighted by molar-refractivity contribution is 6.38. The van der Waals surface area contributed by atoms with Crippen LogP contribution in [0.3, 0.4) is 0 Å². The van der Waals surface area contributed by atoms with Crippen LogP contribution >= 0.6 is 0 Å². The lowest BCUT2D eigenvalue weighted by molar-refractivity contribution is -0.146. The molecule has 0 saturated carbocycles. The fraction of sp³-hybridized carbons (Fsp3) is 0.0909. The smallest absolute Gasteiger partial charge is 0.416 e. The molecule has 0 fully saturated rings. The van der Waals surface area contributed by atoms with E-state index in [1.165, 1.54) is 0 Å². The lowest BCUT2D eigenvalue weighted by atomic mass is 10.1. The topological polar surface area (TPSA) is 54.4 Å². The van der Waals surface area contributed by atoms with Crippen LogP contribution in [-0.4, -0.2) is 16.9 Å². The molecule has 1 aromatic rings. The zero-order chi connectivity index (χ0) is 13.9. The van der Waals surface area contributed by atoms with Crippen molar-refractivity contribution in [2.24, 2.45) is 0 Å². The third-order valence-electron chi connectivity index (χ3n) is 1.89. The van der Waals surface area contributed by atoms with E-state index < -0.39 is 29.3 Å². The molecule has 0 amide bonds. The maximum absolute atomic E-state index is 12.9. The van der Waals surface area contributed by atoms with Crippen molar-refractivity contribution in [2.45, 2.75) is 6.18 Å². The summed E-state index contributed by atoms with van der Waals surface area (Å²) in [7, 11) is 0. The van der Waals surface area contributed by atoms with Crippen molar-refractivity contribution in [1.29, 1.82) is 0 Å². The summed E-state index contributed by atoms with van der Waals surface area (Å²) in [6.45, 7) is 0. The second-order valence-corrected chi connectivity index (χ2v) is 3.27. The molecule has 3 nitrogen and oxygen atoms in total. The minimum atomic E-state index is -4.72. The molecule has 0 saturated heterocycles. The van der Waals surface area contributed by atoms with Gasteiger partial charge in [-0.15, -0.1) is 0 Å². The quantitative estimate of drug-likeness (QED) is 0.517. The van der Waals surface area contributed by atoms with Crippen molar-refractivity contribution in [3.8, 4) is 0 Å². The first-order valence-corrected chi connectivity index (χ1v) is 4.53. The van der Waals surface area contributed by atoms with E-state index in [0.717, 1.165) is 12.1 Å². The molecular weight excluding hydrogens is 256 g/mol. The highest BCUT2D eigenvalue weighted by Crippen LogP contribution is 2.30. The normalized spacial score (nSPS) is 11.8. The molecule has 0 aliphatic carbocycles. The molecule has 0 atom stereocenters. The Hall–Kier alpha value is -2.18. The molecule has 0 bridgehead atoms. The van der Waals surface area contributed by atoms with Crippen molar-refractivity contribution in [2.75, 3.05) is 0 Å².